The number of fused-ring (bicyclic) bond motifs is 1. The minimum atomic E-state index is 0.699. The van der Waals surface area contributed by atoms with Crippen molar-refractivity contribution in [3.05, 3.63) is 45.6 Å². The number of thiophene rings is 1. The fraction of sp³-hybridized carbons (Fsp3) is 0.278. The van der Waals surface area contributed by atoms with E-state index in [2.05, 4.69) is 65.3 Å². The molecule has 0 saturated heterocycles. The van der Waals surface area contributed by atoms with E-state index in [-0.39, 0.29) is 0 Å². The Balaban J connectivity index is 1.86. The highest BCUT2D eigenvalue weighted by atomic mass is 32.2. The van der Waals surface area contributed by atoms with Gasteiger partial charge in [0.25, 0.3) is 0 Å². The molecule has 26 heavy (non-hydrogen) atoms. The van der Waals surface area contributed by atoms with Gasteiger partial charge >= 0.3 is 0 Å². The van der Waals surface area contributed by atoms with Crippen LogP contribution in [0.2, 0.25) is 0 Å². The topological polar surface area (TPSA) is 69.4 Å². The Morgan fingerprint density at radius 1 is 1.00 bits per heavy atom. The van der Waals surface area contributed by atoms with Crippen molar-refractivity contribution in [2.45, 2.75) is 44.8 Å². The first-order chi connectivity index (χ1) is 12.5. The molecule has 0 aliphatic carbocycles. The summed E-state index contributed by atoms with van der Waals surface area (Å²) in [6.45, 7) is 10.3. The second-order valence-electron chi connectivity index (χ2n) is 6.26. The van der Waals surface area contributed by atoms with Gasteiger partial charge in [0.1, 0.15) is 15.7 Å². The molecule has 0 radical (unpaired) electrons. The van der Waals surface area contributed by atoms with Crippen LogP contribution in [0.1, 0.15) is 27.4 Å². The van der Waals surface area contributed by atoms with Crippen LogP contribution in [0.5, 0.6) is 0 Å². The predicted molar refractivity (Wildman–Crippen MR) is 104 cm³/mol. The lowest BCUT2D eigenvalue weighted by atomic mass is 10.1. The molecular formula is C18H18N6S2. The number of tetrazole rings is 1. The minimum Gasteiger partial charge on any atom is -0.226 e. The second kappa shape index (κ2) is 6.44. The predicted octanol–water partition coefficient (Wildman–Crippen LogP) is 4.36. The Kier molecular flexibility index (Phi) is 4.24. The van der Waals surface area contributed by atoms with Gasteiger partial charge < -0.3 is 0 Å². The average molecular weight is 383 g/mol. The summed E-state index contributed by atoms with van der Waals surface area (Å²) in [5.74, 6) is 0.757. The van der Waals surface area contributed by atoms with Gasteiger partial charge in [-0.25, -0.2) is 9.97 Å². The second-order valence-corrected chi connectivity index (χ2v) is 8.41. The number of aromatic nitrogens is 6. The first-order valence-corrected chi connectivity index (χ1v) is 9.86. The lowest BCUT2D eigenvalue weighted by molar-refractivity contribution is 0.747. The van der Waals surface area contributed by atoms with Crippen molar-refractivity contribution >= 4 is 33.3 Å². The van der Waals surface area contributed by atoms with Crippen molar-refractivity contribution < 1.29 is 0 Å². The first kappa shape index (κ1) is 17.1. The summed E-state index contributed by atoms with van der Waals surface area (Å²) in [5.41, 5.74) is 4.50. The van der Waals surface area contributed by atoms with E-state index in [4.69, 9.17) is 0 Å². The lowest BCUT2D eigenvalue weighted by Gasteiger charge is -2.11. The lowest BCUT2D eigenvalue weighted by Crippen LogP contribution is -2.04. The van der Waals surface area contributed by atoms with Crippen molar-refractivity contribution in [1.29, 1.82) is 0 Å². The summed E-state index contributed by atoms with van der Waals surface area (Å²) in [6.07, 6.45) is 0. The zero-order valence-corrected chi connectivity index (χ0v) is 16.9. The summed E-state index contributed by atoms with van der Waals surface area (Å²) < 4.78 is 1.80. The Bertz CT molecular complexity index is 1110. The van der Waals surface area contributed by atoms with E-state index < -0.39 is 0 Å². The molecule has 0 aliphatic rings. The molecule has 3 heterocycles. The Morgan fingerprint density at radius 2 is 1.73 bits per heavy atom. The molecule has 6 nitrogen and oxygen atoms in total. The highest BCUT2D eigenvalue weighted by molar-refractivity contribution is 7.99. The molecule has 8 heteroatoms. The highest BCUT2D eigenvalue weighted by Crippen LogP contribution is 2.38. The Hall–Kier alpha value is -2.32. The molecule has 0 aliphatic heterocycles. The van der Waals surface area contributed by atoms with Crippen LogP contribution in [0.3, 0.4) is 0 Å². The number of hydrogen-bond donors (Lipinski definition) is 0. The van der Waals surface area contributed by atoms with Crippen LogP contribution in [0.25, 0.3) is 15.9 Å². The van der Waals surface area contributed by atoms with Crippen LogP contribution in [0.15, 0.2) is 28.4 Å². The van der Waals surface area contributed by atoms with E-state index >= 15 is 0 Å². The molecule has 0 unspecified atom stereocenters. The standard InChI is InChI=1S/C18H18N6S2/c1-9-7-6-8-10(2)15(9)24-18(21-22-23-24)26-17-14-11(3)12(4)25-16(14)19-13(5)20-17/h6-8H,1-5H3. The van der Waals surface area contributed by atoms with Gasteiger partial charge in [0.15, 0.2) is 0 Å². The van der Waals surface area contributed by atoms with Gasteiger partial charge in [-0.1, -0.05) is 18.2 Å². The normalized spacial score (nSPS) is 11.4. The number of hydrogen-bond acceptors (Lipinski definition) is 7. The van der Waals surface area contributed by atoms with Crippen LogP contribution >= 0.6 is 23.1 Å². The third-order valence-corrected chi connectivity index (χ3v) is 6.41. The monoisotopic (exact) mass is 382 g/mol. The molecule has 1 aromatic carbocycles. The van der Waals surface area contributed by atoms with Gasteiger partial charge in [0.05, 0.1) is 5.69 Å². The smallest absolute Gasteiger partial charge is 0.220 e. The van der Waals surface area contributed by atoms with Gasteiger partial charge in [-0.05, 0) is 73.5 Å². The summed E-state index contributed by atoms with van der Waals surface area (Å²) in [4.78, 5) is 11.5. The molecule has 4 aromatic rings. The van der Waals surface area contributed by atoms with Gasteiger partial charge in [-0.3, -0.25) is 0 Å². The Labute approximate surface area is 159 Å². The molecule has 0 atom stereocenters. The Morgan fingerprint density at radius 3 is 2.46 bits per heavy atom. The molecule has 0 bridgehead atoms. The maximum atomic E-state index is 4.68. The van der Waals surface area contributed by atoms with Crippen LogP contribution in [0, 0.1) is 34.6 Å². The zero-order chi connectivity index (χ0) is 18.4. The van der Waals surface area contributed by atoms with Gasteiger partial charge in [-0.15, -0.1) is 16.4 Å². The fourth-order valence-corrected chi connectivity index (χ4v) is 5.13. The molecule has 4 rings (SSSR count). The van der Waals surface area contributed by atoms with Gasteiger partial charge in [-0.2, -0.15) is 4.68 Å². The average Bonchev–Trinajstić information content (AvgIpc) is 3.12. The van der Waals surface area contributed by atoms with Crippen molar-refractivity contribution in [2.75, 3.05) is 0 Å². The SMILES string of the molecule is Cc1nc(Sc2nnnn2-c2c(C)cccc2C)c2c(C)c(C)sc2n1. The molecule has 0 amide bonds. The molecule has 0 N–H and O–H groups in total. The number of aryl methyl sites for hydroxylation is 5. The number of rotatable bonds is 3. The van der Waals surface area contributed by atoms with E-state index in [1.54, 1.807) is 16.0 Å². The van der Waals surface area contributed by atoms with E-state index in [9.17, 15) is 0 Å². The van der Waals surface area contributed by atoms with Gasteiger partial charge in [0.2, 0.25) is 5.16 Å². The third kappa shape index (κ3) is 2.79. The molecule has 0 spiro atoms. The maximum absolute atomic E-state index is 4.68. The summed E-state index contributed by atoms with van der Waals surface area (Å²) in [5, 5.41) is 15.1. The van der Waals surface area contributed by atoms with Crippen molar-refractivity contribution in [3.8, 4) is 5.69 Å². The van der Waals surface area contributed by atoms with E-state index in [0.717, 1.165) is 37.9 Å². The number of nitrogens with zero attached hydrogens (tertiary/aromatic N) is 6. The zero-order valence-electron chi connectivity index (χ0n) is 15.2. The van der Waals surface area contributed by atoms with Crippen LogP contribution in [-0.2, 0) is 0 Å². The van der Waals surface area contributed by atoms with Crippen molar-refractivity contribution in [2.24, 2.45) is 0 Å². The van der Waals surface area contributed by atoms with E-state index in [1.807, 2.05) is 13.0 Å². The number of para-hydroxylation sites is 1. The molecular weight excluding hydrogens is 364 g/mol. The van der Waals surface area contributed by atoms with Crippen molar-refractivity contribution in [1.82, 2.24) is 30.2 Å². The molecule has 3 aromatic heterocycles. The van der Waals surface area contributed by atoms with Crippen LogP contribution in [0.4, 0.5) is 0 Å². The largest absolute Gasteiger partial charge is 0.226 e. The third-order valence-electron chi connectivity index (χ3n) is 4.39. The van der Waals surface area contributed by atoms with Crippen LogP contribution < -0.4 is 0 Å². The van der Waals surface area contributed by atoms with Gasteiger partial charge in [0, 0.05) is 10.3 Å². The van der Waals surface area contributed by atoms with Crippen molar-refractivity contribution in [3.63, 3.8) is 0 Å². The van der Waals surface area contributed by atoms with E-state index in [0.29, 0.717) is 5.16 Å². The summed E-state index contributed by atoms with van der Waals surface area (Å²) in [6, 6.07) is 6.18. The minimum absolute atomic E-state index is 0.699. The molecule has 0 fully saturated rings. The van der Waals surface area contributed by atoms with E-state index in [1.165, 1.54) is 22.2 Å². The highest BCUT2D eigenvalue weighted by Gasteiger charge is 2.19. The molecule has 0 saturated carbocycles. The summed E-state index contributed by atoms with van der Waals surface area (Å²) >= 11 is 3.19. The summed E-state index contributed by atoms with van der Waals surface area (Å²) in [7, 11) is 0. The number of benzene rings is 1. The van der Waals surface area contributed by atoms with Crippen LogP contribution in [-0.4, -0.2) is 30.2 Å². The fourth-order valence-electron chi connectivity index (χ4n) is 3.00. The molecule has 132 valence electrons. The quantitative estimate of drug-likeness (QED) is 0.490. The maximum Gasteiger partial charge on any atom is 0.220 e. The first-order valence-electron chi connectivity index (χ1n) is 8.23.